The Morgan fingerprint density at radius 1 is 1.10 bits per heavy atom. The van der Waals surface area contributed by atoms with Gasteiger partial charge in [-0.3, -0.25) is 9.59 Å². The molecule has 3 aromatic rings. The topological polar surface area (TPSA) is 70.5 Å². The zero-order valence-electron chi connectivity index (χ0n) is 18.3. The highest BCUT2D eigenvalue weighted by Gasteiger charge is 2.27. The number of anilines is 2. The molecule has 1 fully saturated rings. The number of fused-ring (bicyclic) bond motifs is 1. The number of hydrogen-bond acceptors (Lipinski definition) is 5. The van der Waals surface area contributed by atoms with Crippen molar-refractivity contribution >= 4 is 28.4 Å². The highest BCUT2D eigenvalue weighted by Crippen LogP contribution is 2.22. The number of nitrogens with one attached hydrogen (secondary N) is 1. The van der Waals surface area contributed by atoms with Gasteiger partial charge in [0.15, 0.2) is 5.82 Å². The van der Waals surface area contributed by atoms with Crippen LogP contribution in [0.25, 0.3) is 11.0 Å². The van der Waals surface area contributed by atoms with Crippen LogP contribution >= 0.6 is 0 Å². The van der Waals surface area contributed by atoms with Gasteiger partial charge >= 0.3 is 0 Å². The molecule has 0 aliphatic carbocycles. The van der Waals surface area contributed by atoms with Gasteiger partial charge in [-0.15, -0.1) is 0 Å². The zero-order valence-corrected chi connectivity index (χ0v) is 18.3. The van der Waals surface area contributed by atoms with Crippen molar-refractivity contribution in [3.05, 3.63) is 64.4 Å². The summed E-state index contributed by atoms with van der Waals surface area (Å²) in [6, 6.07) is 15.8. The molecule has 7 heteroatoms. The lowest BCUT2D eigenvalue weighted by Crippen LogP contribution is -2.43. The van der Waals surface area contributed by atoms with Crippen LogP contribution in [-0.4, -0.2) is 42.6 Å². The van der Waals surface area contributed by atoms with Crippen LogP contribution in [-0.2, 0) is 18.4 Å². The number of aromatic nitrogens is 2. The van der Waals surface area contributed by atoms with Gasteiger partial charge in [0, 0.05) is 52.4 Å². The number of rotatable bonds is 5. The SMILES string of the molecule is CN(C)c1ccc(CNC(=O)C2CCN(c3nc4ccccc4n(C)c3=O)CC2)cc1. The molecule has 0 radical (unpaired) electrons. The lowest BCUT2D eigenvalue weighted by atomic mass is 9.96. The van der Waals surface area contributed by atoms with Crippen molar-refractivity contribution in [2.45, 2.75) is 19.4 Å². The molecule has 162 valence electrons. The predicted molar refractivity (Wildman–Crippen MR) is 125 cm³/mol. The molecule has 0 bridgehead atoms. The van der Waals surface area contributed by atoms with Crippen LogP contribution in [0, 0.1) is 5.92 Å². The summed E-state index contributed by atoms with van der Waals surface area (Å²) in [4.78, 5) is 34.1. The Labute approximate surface area is 182 Å². The fourth-order valence-corrected chi connectivity index (χ4v) is 4.07. The minimum atomic E-state index is -0.0947. The van der Waals surface area contributed by atoms with E-state index >= 15 is 0 Å². The van der Waals surface area contributed by atoms with E-state index in [1.165, 1.54) is 0 Å². The van der Waals surface area contributed by atoms with Crippen LogP contribution in [0.3, 0.4) is 0 Å². The molecule has 1 aliphatic rings. The van der Waals surface area contributed by atoms with E-state index in [4.69, 9.17) is 0 Å². The number of carbonyl (C=O) groups is 1. The van der Waals surface area contributed by atoms with Gasteiger partial charge in [0.1, 0.15) is 0 Å². The second-order valence-electron chi connectivity index (χ2n) is 8.33. The van der Waals surface area contributed by atoms with E-state index in [1.54, 1.807) is 11.6 Å². The number of carbonyl (C=O) groups excluding carboxylic acids is 1. The van der Waals surface area contributed by atoms with Gasteiger partial charge in [0.05, 0.1) is 11.0 Å². The fourth-order valence-electron chi connectivity index (χ4n) is 4.07. The van der Waals surface area contributed by atoms with Gasteiger partial charge in [-0.25, -0.2) is 4.98 Å². The first kappa shape index (κ1) is 20.9. The molecule has 1 N–H and O–H groups in total. The first-order valence-corrected chi connectivity index (χ1v) is 10.7. The van der Waals surface area contributed by atoms with E-state index in [9.17, 15) is 9.59 Å². The highest BCUT2D eigenvalue weighted by molar-refractivity contribution is 5.79. The minimum absolute atomic E-state index is 0.0402. The molecule has 2 heterocycles. The molecule has 0 spiro atoms. The summed E-state index contributed by atoms with van der Waals surface area (Å²) in [7, 11) is 5.79. The average molecular weight is 420 g/mol. The first-order valence-electron chi connectivity index (χ1n) is 10.7. The van der Waals surface area contributed by atoms with Crippen LogP contribution in [0.15, 0.2) is 53.3 Å². The molecule has 1 amide bonds. The van der Waals surface area contributed by atoms with Gasteiger partial charge in [-0.05, 0) is 42.7 Å². The van der Waals surface area contributed by atoms with Gasteiger partial charge < -0.3 is 19.7 Å². The van der Waals surface area contributed by atoms with Crippen LogP contribution < -0.4 is 20.7 Å². The summed E-state index contributed by atoms with van der Waals surface area (Å²) in [6.07, 6.45) is 1.42. The third-order valence-electron chi connectivity index (χ3n) is 6.05. The van der Waals surface area contributed by atoms with Gasteiger partial charge in [-0.1, -0.05) is 24.3 Å². The summed E-state index contributed by atoms with van der Waals surface area (Å²) in [6.45, 7) is 1.83. The standard InChI is InChI=1S/C24H29N5O2/c1-27(2)19-10-8-17(9-11-19)16-25-23(30)18-12-14-29(15-13-18)22-24(31)28(3)21-7-5-4-6-20(21)26-22/h4-11,18H,12-16H2,1-3H3,(H,25,30). The Balaban J connectivity index is 1.36. The van der Waals surface area contributed by atoms with Crippen molar-refractivity contribution < 1.29 is 4.79 Å². The highest BCUT2D eigenvalue weighted by atomic mass is 16.2. The average Bonchev–Trinajstić information content (AvgIpc) is 2.80. The predicted octanol–water partition coefficient (Wildman–Crippen LogP) is 2.53. The monoisotopic (exact) mass is 419 g/mol. The summed E-state index contributed by atoms with van der Waals surface area (Å²) >= 11 is 0. The normalized spacial score (nSPS) is 14.6. The molecular formula is C24H29N5O2. The van der Waals surface area contributed by atoms with Crippen molar-refractivity contribution in [1.82, 2.24) is 14.9 Å². The van der Waals surface area contributed by atoms with Crippen molar-refractivity contribution in [3.8, 4) is 0 Å². The smallest absolute Gasteiger partial charge is 0.293 e. The van der Waals surface area contributed by atoms with E-state index < -0.39 is 0 Å². The van der Waals surface area contributed by atoms with Crippen molar-refractivity contribution in [2.24, 2.45) is 13.0 Å². The number of para-hydroxylation sites is 2. The summed E-state index contributed by atoms with van der Waals surface area (Å²) in [5, 5.41) is 3.06. The maximum absolute atomic E-state index is 12.8. The molecular weight excluding hydrogens is 390 g/mol. The zero-order chi connectivity index (χ0) is 22.0. The Morgan fingerprint density at radius 3 is 2.45 bits per heavy atom. The molecule has 0 atom stereocenters. The molecule has 31 heavy (non-hydrogen) atoms. The quantitative estimate of drug-likeness (QED) is 0.688. The third kappa shape index (κ3) is 4.40. The molecule has 0 saturated carbocycles. The van der Waals surface area contributed by atoms with Gasteiger partial charge in [-0.2, -0.15) is 0 Å². The first-order chi connectivity index (χ1) is 14.9. The van der Waals surface area contributed by atoms with Crippen molar-refractivity contribution in [2.75, 3.05) is 37.0 Å². The van der Waals surface area contributed by atoms with Crippen LogP contribution in [0.1, 0.15) is 18.4 Å². The molecule has 1 saturated heterocycles. The molecule has 4 rings (SSSR count). The Hall–Kier alpha value is -3.35. The van der Waals surface area contributed by atoms with Crippen molar-refractivity contribution in [1.29, 1.82) is 0 Å². The number of piperidine rings is 1. The maximum atomic E-state index is 12.8. The van der Waals surface area contributed by atoms with E-state index in [-0.39, 0.29) is 17.4 Å². The number of aryl methyl sites for hydroxylation is 1. The third-order valence-corrected chi connectivity index (χ3v) is 6.05. The Kier molecular flexibility index (Phi) is 5.93. The summed E-state index contributed by atoms with van der Waals surface area (Å²) in [5.74, 6) is 0.512. The molecule has 7 nitrogen and oxygen atoms in total. The number of hydrogen-bond donors (Lipinski definition) is 1. The molecule has 2 aromatic carbocycles. The number of benzene rings is 2. The fraction of sp³-hybridized carbons (Fsp3) is 0.375. The van der Waals surface area contributed by atoms with E-state index in [1.807, 2.05) is 60.3 Å². The van der Waals surface area contributed by atoms with E-state index in [0.29, 0.717) is 38.3 Å². The van der Waals surface area contributed by atoms with E-state index in [2.05, 4.69) is 22.4 Å². The summed E-state index contributed by atoms with van der Waals surface area (Å²) < 4.78 is 1.65. The van der Waals surface area contributed by atoms with Crippen LogP contribution in [0.4, 0.5) is 11.5 Å². The Morgan fingerprint density at radius 2 is 1.77 bits per heavy atom. The molecule has 1 aromatic heterocycles. The lowest BCUT2D eigenvalue weighted by molar-refractivity contribution is -0.125. The minimum Gasteiger partial charge on any atom is -0.378 e. The number of amides is 1. The van der Waals surface area contributed by atoms with E-state index in [0.717, 1.165) is 22.3 Å². The maximum Gasteiger partial charge on any atom is 0.293 e. The number of nitrogens with zero attached hydrogens (tertiary/aromatic N) is 4. The second-order valence-corrected chi connectivity index (χ2v) is 8.33. The van der Waals surface area contributed by atoms with Crippen LogP contribution in [0.5, 0.6) is 0 Å². The van der Waals surface area contributed by atoms with Gasteiger partial charge in [0.25, 0.3) is 5.56 Å². The largest absolute Gasteiger partial charge is 0.378 e. The molecule has 1 aliphatic heterocycles. The Bertz CT molecular complexity index is 1130. The van der Waals surface area contributed by atoms with Gasteiger partial charge in [0.2, 0.25) is 5.91 Å². The summed E-state index contributed by atoms with van der Waals surface area (Å²) in [5.41, 5.74) is 3.75. The van der Waals surface area contributed by atoms with Crippen molar-refractivity contribution in [3.63, 3.8) is 0 Å². The molecule has 0 unspecified atom stereocenters. The second kappa shape index (κ2) is 8.79. The lowest BCUT2D eigenvalue weighted by Gasteiger charge is -2.32. The van der Waals surface area contributed by atoms with Crippen LogP contribution in [0.2, 0.25) is 0 Å².